The lowest BCUT2D eigenvalue weighted by molar-refractivity contribution is -0.0740. The van der Waals surface area contributed by atoms with Crippen molar-refractivity contribution < 1.29 is 14.3 Å². The smallest absolute Gasteiger partial charge is 0.271 e. The summed E-state index contributed by atoms with van der Waals surface area (Å²) in [5, 5.41) is 7.22. The van der Waals surface area contributed by atoms with Gasteiger partial charge in [-0.3, -0.25) is 14.3 Å². The standard InChI is InChI=1S/C17H25N3O3/c1-16(2)9-11(17(3,4)23-16)10-18-15(22)12-8-13-14(21)6-5-7-20(13)19-12/h8,11H,5-7,9-10H2,1-4H3,(H,18,22)/t11-/m1/s1. The molecule has 2 aliphatic heterocycles. The summed E-state index contributed by atoms with van der Waals surface area (Å²) < 4.78 is 7.70. The van der Waals surface area contributed by atoms with E-state index in [1.54, 1.807) is 10.7 Å². The van der Waals surface area contributed by atoms with Crippen LogP contribution in [0.15, 0.2) is 6.07 Å². The monoisotopic (exact) mass is 319 g/mol. The van der Waals surface area contributed by atoms with Crippen LogP contribution in [0.2, 0.25) is 0 Å². The zero-order chi connectivity index (χ0) is 16.8. The predicted octanol–water partition coefficient (Wildman–Crippen LogP) is 2.18. The van der Waals surface area contributed by atoms with Crippen molar-refractivity contribution in [3.8, 4) is 0 Å². The number of ether oxygens (including phenoxy) is 1. The molecule has 1 saturated heterocycles. The molecule has 126 valence electrons. The Kier molecular flexibility index (Phi) is 3.83. The fraction of sp³-hybridized carbons (Fsp3) is 0.706. The van der Waals surface area contributed by atoms with Crippen molar-refractivity contribution in [1.29, 1.82) is 0 Å². The summed E-state index contributed by atoms with van der Waals surface area (Å²) >= 11 is 0. The number of hydrogen-bond acceptors (Lipinski definition) is 4. The number of aryl methyl sites for hydroxylation is 1. The van der Waals surface area contributed by atoms with Crippen molar-refractivity contribution >= 4 is 11.7 Å². The quantitative estimate of drug-likeness (QED) is 0.927. The van der Waals surface area contributed by atoms with Gasteiger partial charge in [-0.25, -0.2) is 0 Å². The molecule has 2 aliphatic rings. The molecule has 1 atom stereocenters. The van der Waals surface area contributed by atoms with Crippen LogP contribution in [-0.4, -0.2) is 39.2 Å². The Balaban J connectivity index is 1.65. The van der Waals surface area contributed by atoms with Gasteiger partial charge in [0.25, 0.3) is 5.91 Å². The highest BCUT2D eigenvalue weighted by molar-refractivity contribution is 5.99. The summed E-state index contributed by atoms with van der Waals surface area (Å²) in [5.41, 5.74) is 0.442. The molecule has 3 rings (SSSR count). The minimum Gasteiger partial charge on any atom is -0.369 e. The van der Waals surface area contributed by atoms with Gasteiger partial charge >= 0.3 is 0 Å². The summed E-state index contributed by atoms with van der Waals surface area (Å²) in [6.07, 6.45) is 2.23. The Morgan fingerprint density at radius 3 is 2.78 bits per heavy atom. The van der Waals surface area contributed by atoms with E-state index in [0.29, 0.717) is 30.9 Å². The lowest BCUT2D eigenvalue weighted by atomic mass is 9.87. The van der Waals surface area contributed by atoms with Crippen molar-refractivity contribution in [2.75, 3.05) is 6.54 Å². The number of aromatic nitrogens is 2. The first-order valence-electron chi connectivity index (χ1n) is 8.27. The van der Waals surface area contributed by atoms with E-state index in [1.165, 1.54) is 0 Å². The van der Waals surface area contributed by atoms with Crippen molar-refractivity contribution in [2.24, 2.45) is 5.92 Å². The van der Waals surface area contributed by atoms with E-state index >= 15 is 0 Å². The van der Waals surface area contributed by atoms with Crippen LogP contribution in [0.1, 0.15) is 67.9 Å². The maximum absolute atomic E-state index is 12.4. The zero-order valence-corrected chi connectivity index (χ0v) is 14.3. The maximum atomic E-state index is 12.4. The summed E-state index contributed by atoms with van der Waals surface area (Å²) in [7, 11) is 0. The number of hydrogen-bond donors (Lipinski definition) is 1. The number of carbonyl (C=O) groups is 2. The first kappa shape index (κ1) is 16.2. The minimum absolute atomic E-state index is 0.0647. The van der Waals surface area contributed by atoms with Crippen LogP contribution in [0.5, 0.6) is 0 Å². The van der Waals surface area contributed by atoms with Gasteiger partial charge in [-0.1, -0.05) is 0 Å². The number of nitrogens with one attached hydrogen (secondary N) is 1. The average molecular weight is 319 g/mol. The molecule has 0 spiro atoms. The molecule has 1 amide bonds. The Morgan fingerprint density at radius 1 is 1.43 bits per heavy atom. The van der Waals surface area contributed by atoms with Crippen LogP contribution in [0.25, 0.3) is 0 Å². The molecule has 6 heteroatoms. The van der Waals surface area contributed by atoms with E-state index in [1.807, 2.05) is 0 Å². The van der Waals surface area contributed by atoms with Crippen LogP contribution >= 0.6 is 0 Å². The molecule has 1 N–H and O–H groups in total. The van der Waals surface area contributed by atoms with E-state index in [9.17, 15) is 9.59 Å². The van der Waals surface area contributed by atoms with Crippen molar-refractivity contribution in [1.82, 2.24) is 15.1 Å². The second-order valence-electron chi connectivity index (χ2n) is 7.74. The van der Waals surface area contributed by atoms with Crippen LogP contribution in [0.4, 0.5) is 0 Å². The molecular weight excluding hydrogens is 294 g/mol. The van der Waals surface area contributed by atoms with Crippen molar-refractivity contribution in [3.63, 3.8) is 0 Å². The number of carbonyl (C=O) groups excluding carboxylic acids is 2. The van der Waals surface area contributed by atoms with E-state index in [0.717, 1.165) is 12.8 Å². The van der Waals surface area contributed by atoms with Gasteiger partial charge < -0.3 is 10.1 Å². The molecule has 23 heavy (non-hydrogen) atoms. The van der Waals surface area contributed by atoms with E-state index in [4.69, 9.17) is 4.74 Å². The average Bonchev–Trinajstić information content (AvgIpc) is 2.95. The zero-order valence-electron chi connectivity index (χ0n) is 14.3. The molecular formula is C17H25N3O3. The first-order chi connectivity index (χ1) is 10.7. The molecule has 6 nitrogen and oxygen atoms in total. The van der Waals surface area contributed by atoms with Gasteiger partial charge in [0.15, 0.2) is 11.5 Å². The summed E-state index contributed by atoms with van der Waals surface area (Å²) in [6, 6.07) is 1.61. The SMILES string of the molecule is CC1(C)C[C@H](CNC(=O)c2cc3n(n2)CCCC3=O)C(C)(C)O1. The molecule has 1 aromatic rings. The highest BCUT2D eigenvalue weighted by Crippen LogP contribution is 2.41. The number of rotatable bonds is 3. The van der Waals surface area contributed by atoms with E-state index in [-0.39, 0.29) is 28.8 Å². The Hall–Kier alpha value is -1.69. The minimum atomic E-state index is -0.264. The Bertz CT molecular complexity index is 646. The molecule has 0 unspecified atom stereocenters. The second kappa shape index (κ2) is 5.44. The molecule has 0 aromatic carbocycles. The highest BCUT2D eigenvalue weighted by Gasteiger charge is 2.45. The fourth-order valence-electron chi connectivity index (χ4n) is 3.74. The molecule has 3 heterocycles. The van der Waals surface area contributed by atoms with Crippen molar-refractivity contribution in [3.05, 3.63) is 17.5 Å². The number of ketones is 1. The lowest BCUT2D eigenvalue weighted by Gasteiger charge is -2.27. The molecule has 0 bridgehead atoms. The lowest BCUT2D eigenvalue weighted by Crippen LogP contribution is -2.38. The summed E-state index contributed by atoms with van der Waals surface area (Å²) in [6.45, 7) is 9.52. The van der Waals surface area contributed by atoms with E-state index in [2.05, 4.69) is 38.1 Å². The third-order valence-corrected chi connectivity index (χ3v) is 4.84. The van der Waals surface area contributed by atoms with Gasteiger partial charge in [-0.15, -0.1) is 0 Å². The van der Waals surface area contributed by atoms with Crippen LogP contribution < -0.4 is 5.32 Å². The highest BCUT2D eigenvalue weighted by atomic mass is 16.5. The number of nitrogens with zero attached hydrogens (tertiary/aromatic N) is 2. The van der Waals surface area contributed by atoms with Gasteiger partial charge in [0.05, 0.1) is 11.2 Å². The summed E-state index contributed by atoms with van der Waals surface area (Å²) in [5.74, 6) is 0.0930. The van der Waals surface area contributed by atoms with Gasteiger partial charge in [-0.05, 0) is 40.5 Å². The van der Waals surface area contributed by atoms with Gasteiger partial charge in [0.2, 0.25) is 0 Å². The van der Waals surface area contributed by atoms with Gasteiger partial charge in [0, 0.05) is 31.5 Å². The molecule has 1 fully saturated rings. The molecule has 1 aromatic heterocycles. The summed E-state index contributed by atoms with van der Waals surface area (Å²) in [4.78, 5) is 24.2. The molecule has 0 aliphatic carbocycles. The normalized spacial score (nSPS) is 25.2. The molecule has 0 radical (unpaired) electrons. The third kappa shape index (κ3) is 3.17. The molecule has 0 saturated carbocycles. The predicted molar refractivity (Wildman–Crippen MR) is 85.5 cm³/mol. The Morgan fingerprint density at radius 2 is 2.17 bits per heavy atom. The van der Waals surface area contributed by atoms with Crippen LogP contribution in [0, 0.1) is 5.92 Å². The number of amides is 1. The Labute approximate surface area is 136 Å². The van der Waals surface area contributed by atoms with Gasteiger partial charge in [-0.2, -0.15) is 5.10 Å². The largest absolute Gasteiger partial charge is 0.369 e. The topological polar surface area (TPSA) is 73.2 Å². The fourth-order valence-corrected chi connectivity index (χ4v) is 3.74. The van der Waals surface area contributed by atoms with Crippen molar-refractivity contribution in [2.45, 2.75) is 64.7 Å². The number of fused-ring (bicyclic) bond motifs is 1. The van der Waals surface area contributed by atoms with Crippen LogP contribution in [-0.2, 0) is 11.3 Å². The third-order valence-electron chi connectivity index (χ3n) is 4.84. The van der Waals surface area contributed by atoms with Gasteiger partial charge in [0.1, 0.15) is 5.69 Å². The van der Waals surface area contributed by atoms with E-state index < -0.39 is 0 Å². The number of Topliss-reactive ketones (excluding diaryl/α,β-unsaturated/α-hetero) is 1. The first-order valence-corrected chi connectivity index (χ1v) is 8.27. The second-order valence-corrected chi connectivity index (χ2v) is 7.74. The maximum Gasteiger partial charge on any atom is 0.271 e. The van der Waals surface area contributed by atoms with Crippen LogP contribution in [0.3, 0.4) is 0 Å².